The Morgan fingerprint density at radius 1 is 0.351 bits per heavy atom. The second kappa shape index (κ2) is 23.8. The van der Waals surface area contributed by atoms with Crippen LogP contribution in [0.3, 0.4) is 0 Å². The third-order valence-corrected chi connectivity index (χ3v) is 92.3. The number of rotatable bonds is 14. The minimum atomic E-state index is -3.42. The molecule has 1 heterocycles. The van der Waals surface area contributed by atoms with Crippen LogP contribution in [-0.2, 0) is 4.74 Å². The molecule has 0 spiro atoms. The van der Waals surface area contributed by atoms with Crippen LogP contribution in [-0.4, -0.2) is 132 Å². The van der Waals surface area contributed by atoms with Gasteiger partial charge in [-0.3, -0.25) is 0 Å². The van der Waals surface area contributed by atoms with Crippen molar-refractivity contribution in [3.8, 4) is 0 Å². The van der Waals surface area contributed by atoms with Gasteiger partial charge in [0.05, 0.1) is 0 Å². The molecule has 0 amide bonds. The van der Waals surface area contributed by atoms with E-state index in [0.29, 0.717) is 0 Å². The standard InChI is InChI=1S/C24H72GeN4Si8.C6H19NSi2.C4H8O.CH4.Cl4Ge/c1-30(2,3)26(31(4,5)6)25(27(32(7,8)9)33(10,11)12,28(34(13,14)15)35(16,17)18)29(36(19,20)21)37(22,23)24;1-8(2,3)7-9(4,5)6;1-2-4-5-3-1;;1-5(2,3)4/h1-24H3;7H,1-6H3;1-4H2;1H4;. The summed E-state index contributed by atoms with van der Waals surface area (Å²) < 4.78 is 22.8. The van der Waals surface area contributed by atoms with Crippen LogP contribution in [0.2, 0.25) is 196 Å². The van der Waals surface area contributed by atoms with E-state index < -0.39 is 106 Å². The summed E-state index contributed by atoms with van der Waals surface area (Å²) in [5.74, 6) is 0. The van der Waals surface area contributed by atoms with Gasteiger partial charge in [0.15, 0.2) is 0 Å². The van der Waals surface area contributed by atoms with Gasteiger partial charge < -0.3 is 9.38 Å². The summed E-state index contributed by atoms with van der Waals surface area (Å²) in [5, 5.41) is 0. The number of ether oxygens (including phenoxy) is 1. The summed E-state index contributed by atoms with van der Waals surface area (Å²) >= 11 is -3.42. The molecule has 1 saturated heterocycles. The molecular weight excluding hydrogens is 1070 g/mol. The molecule has 0 unspecified atom stereocenters. The average molecular weight is 1180 g/mol. The molecule has 0 radical (unpaired) electrons. The Balaban J connectivity index is -0.000000567. The summed E-state index contributed by atoms with van der Waals surface area (Å²) in [5.41, 5.74) is 0. The Morgan fingerprint density at radius 3 is 0.544 bits per heavy atom. The Morgan fingerprint density at radius 2 is 0.491 bits per heavy atom. The maximum absolute atomic E-state index is 5.01. The molecule has 1 aliphatic heterocycles. The van der Waals surface area contributed by atoms with Crippen LogP contribution in [0.4, 0.5) is 0 Å². The van der Waals surface area contributed by atoms with Gasteiger partial charge >= 0.3 is 300 Å². The van der Waals surface area contributed by atoms with E-state index in [4.69, 9.17) is 44.8 Å². The summed E-state index contributed by atoms with van der Waals surface area (Å²) in [6.07, 6.45) is 2.56. The number of nitrogens with one attached hydrogen (secondary N) is 1. The molecule has 0 saturated carbocycles. The fourth-order valence-electron chi connectivity index (χ4n) is 9.86. The van der Waals surface area contributed by atoms with E-state index in [1.807, 2.05) is 0 Å². The van der Waals surface area contributed by atoms with Crippen LogP contribution in [0, 0.1) is 0 Å². The molecule has 6 nitrogen and oxygen atoms in total. The Kier molecular flexibility index (Phi) is 28.2. The third kappa shape index (κ3) is 26.8. The maximum atomic E-state index is 5.01. The Hall–Kier alpha value is 4.17. The normalized spacial score (nSPS) is 16.1. The summed E-state index contributed by atoms with van der Waals surface area (Å²) in [6, 6.07) is 0. The second-order valence-corrected chi connectivity index (χ2v) is 109. The molecule has 22 heteroatoms. The fourth-order valence-corrected chi connectivity index (χ4v) is 131. The van der Waals surface area contributed by atoms with Crippen LogP contribution in [0.5, 0.6) is 0 Å². The van der Waals surface area contributed by atoms with Crippen molar-refractivity contribution in [2.75, 3.05) is 13.2 Å². The first-order valence-electron chi connectivity index (χ1n) is 21.0. The van der Waals surface area contributed by atoms with Crippen molar-refractivity contribution in [1.82, 2.24) is 17.4 Å². The van der Waals surface area contributed by atoms with Crippen LogP contribution in [0.25, 0.3) is 0 Å². The van der Waals surface area contributed by atoms with E-state index in [1.165, 1.54) is 12.8 Å². The van der Waals surface area contributed by atoms with Gasteiger partial charge in [-0.2, -0.15) is 0 Å². The zero-order valence-electron chi connectivity index (χ0n) is 43.0. The minimum absolute atomic E-state index is 0. The topological polar surface area (TPSA) is 34.2 Å². The molecule has 1 N–H and O–H groups in total. The van der Waals surface area contributed by atoms with E-state index in [9.17, 15) is 0 Å². The molecule has 1 fully saturated rings. The Labute approximate surface area is 394 Å². The molecule has 0 aliphatic carbocycles. The fraction of sp³-hybridized carbons (Fsp3) is 1.00. The van der Waals surface area contributed by atoms with Gasteiger partial charge in [0.1, 0.15) is 16.5 Å². The SMILES string of the molecule is C.C1CCOC1.C[Si](C)(C)N[Si](C)(C)C.C[Si](C)(C)[N]([Si](C)(C)C)[Ge]([N]([Si](C)(C)C)[Si](C)(C)C)([N]([Si](C)(C)C)[Si](C)(C)C)[N]([Si](C)(C)C)[Si](C)(C)C.[Cl][Ge]([Cl])([Cl])[Cl]. The molecular formula is C35H103Cl4Ge2N5OSi10. The van der Waals surface area contributed by atoms with Gasteiger partial charge in [-0.15, -0.1) is 0 Å². The van der Waals surface area contributed by atoms with Crippen molar-refractivity contribution >= 4 is 146 Å². The number of hydrogen-bond acceptors (Lipinski definition) is 6. The van der Waals surface area contributed by atoms with Crippen molar-refractivity contribution in [3.05, 3.63) is 0 Å². The zero-order chi connectivity index (χ0) is 46.6. The monoisotopic (exact) mass is 1180 g/mol. The van der Waals surface area contributed by atoms with Crippen LogP contribution in [0.1, 0.15) is 20.3 Å². The zero-order valence-corrected chi connectivity index (χ0v) is 60.3. The van der Waals surface area contributed by atoms with Crippen molar-refractivity contribution < 1.29 is 4.74 Å². The second-order valence-electron chi connectivity index (χ2n) is 25.7. The molecule has 350 valence electrons. The van der Waals surface area contributed by atoms with Crippen molar-refractivity contribution in [2.45, 2.75) is 217 Å². The van der Waals surface area contributed by atoms with E-state index >= 15 is 0 Å². The molecule has 57 heavy (non-hydrogen) atoms. The number of hydrogen-bond donors (Lipinski definition) is 1. The Bertz CT molecular complexity index is 941. The molecule has 1 aliphatic rings. The summed E-state index contributed by atoms with van der Waals surface area (Å²) in [6.45, 7) is 81.4. The quantitative estimate of drug-likeness (QED) is 0.175. The molecule has 0 atom stereocenters. The molecule has 0 aromatic heterocycles. The molecule has 0 aromatic rings. The van der Waals surface area contributed by atoms with Gasteiger partial charge in [0.2, 0.25) is 0 Å². The van der Waals surface area contributed by atoms with Gasteiger partial charge in [-0.05, 0) is 12.8 Å². The van der Waals surface area contributed by atoms with Crippen molar-refractivity contribution in [2.24, 2.45) is 0 Å². The van der Waals surface area contributed by atoms with Gasteiger partial charge in [-0.1, -0.05) is 46.7 Å². The number of nitrogens with zero attached hydrogens (tertiary/aromatic N) is 4. The molecule has 1 rings (SSSR count). The first-order chi connectivity index (χ1) is 23.7. The molecule has 0 aromatic carbocycles. The van der Waals surface area contributed by atoms with E-state index in [2.05, 4.69) is 214 Å². The first-order valence-corrected chi connectivity index (χ1v) is 70.4. The van der Waals surface area contributed by atoms with Crippen LogP contribution >= 0.6 is 40.0 Å². The number of halogens is 4. The molecule has 0 bridgehead atoms. The van der Waals surface area contributed by atoms with Crippen molar-refractivity contribution in [3.63, 3.8) is 0 Å². The first kappa shape index (κ1) is 67.8. The predicted molar refractivity (Wildman–Crippen MR) is 306 cm³/mol. The predicted octanol–water partition coefficient (Wildman–Crippen LogP) is 15.4. The van der Waals surface area contributed by atoms with Gasteiger partial charge in [0.25, 0.3) is 0 Å². The van der Waals surface area contributed by atoms with Crippen LogP contribution in [0.15, 0.2) is 0 Å². The third-order valence-electron chi connectivity index (χ3n) is 8.14. The summed E-state index contributed by atoms with van der Waals surface area (Å²) in [7, 11) is 1.13. The van der Waals surface area contributed by atoms with E-state index in [-0.39, 0.29) is 7.43 Å². The van der Waals surface area contributed by atoms with Crippen LogP contribution < -0.4 is 4.65 Å². The summed E-state index contributed by atoms with van der Waals surface area (Å²) in [4.78, 5) is 0. The van der Waals surface area contributed by atoms with E-state index in [0.717, 1.165) is 13.2 Å². The van der Waals surface area contributed by atoms with Gasteiger partial charge in [-0.25, -0.2) is 0 Å². The van der Waals surface area contributed by atoms with Crippen molar-refractivity contribution in [1.29, 1.82) is 0 Å². The van der Waals surface area contributed by atoms with Gasteiger partial charge in [0, 0.05) is 13.2 Å². The average Bonchev–Trinajstić information content (AvgIpc) is 3.26. The van der Waals surface area contributed by atoms with E-state index in [1.54, 1.807) is 0 Å².